The van der Waals surface area contributed by atoms with Gasteiger partial charge in [-0.05, 0) is 24.0 Å². The number of amides is 2. The van der Waals surface area contributed by atoms with Crippen LogP contribution in [0.4, 0.5) is 0 Å². The van der Waals surface area contributed by atoms with Crippen LogP contribution in [-0.4, -0.2) is 34.0 Å². The molecule has 4 rings (SSSR count). The number of rotatable bonds is 6. The molecule has 0 unspecified atom stereocenters. The van der Waals surface area contributed by atoms with E-state index < -0.39 is 11.8 Å². The van der Waals surface area contributed by atoms with Crippen LogP contribution in [-0.2, 0) is 32.5 Å². The minimum absolute atomic E-state index is 0.182. The molecule has 0 N–H and O–H groups in total. The van der Waals surface area contributed by atoms with E-state index in [4.69, 9.17) is 9.68 Å². The van der Waals surface area contributed by atoms with Gasteiger partial charge < -0.3 is 0 Å². The lowest BCUT2D eigenvalue weighted by molar-refractivity contribution is -0.270. The van der Waals surface area contributed by atoms with E-state index in [9.17, 15) is 9.59 Å². The quantitative estimate of drug-likeness (QED) is 0.722. The summed E-state index contributed by atoms with van der Waals surface area (Å²) in [5.74, 6) is -1.32. The first-order valence-electron chi connectivity index (χ1n) is 9.74. The van der Waals surface area contributed by atoms with Crippen LogP contribution >= 0.6 is 0 Å². The average Bonchev–Trinajstić information content (AvgIpc) is 2.75. The Morgan fingerprint density at radius 1 is 0.679 bits per heavy atom. The summed E-state index contributed by atoms with van der Waals surface area (Å²) in [6, 6.07) is 18.9. The zero-order chi connectivity index (χ0) is 19.3. The molecule has 1 aliphatic heterocycles. The highest BCUT2D eigenvalue weighted by atomic mass is 16.7. The van der Waals surface area contributed by atoms with Crippen LogP contribution in [0.1, 0.15) is 36.8 Å². The van der Waals surface area contributed by atoms with Crippen LogP contribution < -0.4 is 0 Å². The van der Waals surface area contributed by atoms with E-state index in [1.807, 2.05) is 60.7 Å². The Bertz CT molecular complexity index is 742. The molecule has 0 bridgehead atoms. The molecule has 2 amide bonds. The molecule has 6 heteroatoms. The number of nitrogens with zero attached hydrogens (tertiary/aromatic N) is 2. The van der Waals surface area contributed by atoms with Crippen molar-refractivity contribution in [3.05, 3.63) is 71.8 Å². The molecule has 146 valence electrons. The van der Waals surface area contributed by atoms with Crippen LogP contribution in [0.25, 0.3) is 0 Å². The summed E-state index contributed by atoms with van der Waals surface area (Å²) in [6.07, 6.45) is 3.59. The highest BCUT2D eigenvalue weighted by molar-refractivity contribution is 6.35. The second-order valence-electron chi connectivity index (χ2n) is 7.20. The van der Waals surface area contributed by atoms with E-state index in [0.717, 1.165) is 36.8 Å². The maximum Gasteiger partial charge on any atom is 0.338 e. The fourth-order valence-corrected chi connectivity index (χ4v) is 3.87. The van der Waals surface area contributed by atoms with Crippen LogP contribution in [0.5, 0.6) is 0 Å². The predicted octanol–water partition coefficient (Wildman–Crippen LogP) is 3.23. The zero-order valence-corrected chi connectivity index (χ0v) is 15.7. The number of hydrogen-bond donors (Lipinski definition) is 0. The summed E-state index contributed by atoms with van der Waals surface area (Å²) in [5.41, 5.74) is 1.91. The first-order chi connectivity index (χ1) is 13.7. The fourth-order valence-electron chi connectivity index (χ4n) is 3.87. The lowest BCUT2D eigenvalue weighted by Gasteiger charge is -2.46. The largest absolute Gasteiger partial charge is 0.338 e. The molecular weight excluding hydrogens is 356 g/mol. The molecule has 2 aromatic carbocycles. The van der Waals surface area contributed by atoms with Gasteiger partial charge in [-0.3, -0.25) is 19.3 Å². The molecule has 28 heavy (non-hydrogen) atoms. The zero-order valence-electron chi connectivity index (χ0n) is 15.7. The molecule has 6 nitrogen and oxygen atoms in total. The Balaban J connectivity index is 1.47. The Kier molecular flexibility index (Phi) is 5.69. The van der Waals surface area contributed by atoms with Crippen molar-refractivity contribution in [2.75, 3.05) is 0 Å². The van der Waals surface area contributed by atoms with Gasteiger partial charge >= 0.3 is 11.8 Å². The average molecular weight is 380 g/mol. The minimum Gasteiger partial charge on any atom is -0.265 e. The number of carbonyl (C=O) groups excluding carboxylic acids is 2. The van der Waals surface area contributed by atoms with Crippen molar-refractivity contribution in [1.29, 1.82) is 0 Å². The Morgan fingerprint density at radius 3 is 1.46 bits per heavy atom. The van der Waals surface area contributed by atoms with Crippen molar-refractivity contribution in [3.8, 4) is 0 Å². The van der Waals surface area contributed by atoms with E-state index in [1.54, 1.807) is 0 Å². The molecule has 1 saturated heterocycles. The van der Waals surface area contributed by atoms with E-state index in [2.05, 4.69) is 0 Å². The number of piperazine rings is 1. The lowest BCUT2D eigenvalue weighted by atomic mass is 9.88. The van der Waals surface area contributed by atoms with E-state index in [0.29, 0.717) is 0 Å². The molecule has 2 aliphatic rings. The molecule has 1 aliphatic carbocycles. The van der Waals surface area contributed by atoms with E-state index in [1.165, 1.54) is 10.1 Å². The van der Waals surface area contributed by atoms with Gasteiger partial charge in [0.2, 0.25) is 0 Å². The number of hydroxylamine groups is 4. The van der Waals surface area contributed by atoms with Gasteiger partial charge in [-0.15, -0.1) is 0 Å². The van der Waals surface area contributed by atoms with Crippen LogP contribution in [0.2, 0.25) is 0 Å². The summed E-state index contributed by atoms with van der Waals surface area (Å²) in [6.45, 7) is 0.516. The third-order valence-electron chi connectivity index (χ3n) is 5.31. The second-order valence-corrected chi connectivity index (χ2v) is 7.20. The van der Waals surface area contributed by atoms with E-state index in [-0.39, 0.29) is 25.3 Å². The molecule has 2 fully saturated rings. The fraction of sp³-hybridized carbons (Fsp3) is 0.364. The SMILES string of the molecule is O=C1C(=O)N(OCc2ccccc2)[C@@H]2CCCC[C@H]2N1OCc1ccccc1. The van der Waals surface area contributed by atoms with Gasteiger partial charge in [0.1, 0.15) is 13.2 Å². The maximum atomic E-state index is 12.8. The van der Waals surface area contributed by atoms with Gasteiger partial charge in [0.15, 0.2) is 0 Å². The summed E-state index contributed by atoms with van der Waals surface area (Å²) in [5, 5.41) is 2.59. The number of fused-ring (bicyclic) bond motifs is 1. The van der Waals surface area contributed by atoms with Gasteiger partial charge in [0, 0.05) is 0 Å². The summed E-state index contributed by atoms with van der Waals surface area (Å²) >= 11 is 0. The molecule has 1 heterocycles. The highest BCUT2D eigenvalue weighted by Gasteiger charge is 2.48. The van der Waals surface area contributed by atoms with Crippen molar-refractivity contribution in [2.45, 2.75) is 51.0 Å². The van der Waals surface area contributed by atoms with E-state index >= 15 is 0 Å². The molecule has 2 aromatic rings. The van der Waals surface area contributed by atoms with Crippen LogP contribution in [0.15, 0.2) is 60.7 Å². The predicted molar refractivity (Wildman–Crippen MR) is 102 cm³/mol. The summed E-state index contributed by atoms with van der Waals surface area (Å²) in [4.78, 5) is 37.1. The molecule has 0 radical (unpaired) electrons. The Labute approximate surface area is 164 Å². The Morgan fingerprint density at radius 2 is 1.07 bits per heavy atom. The van der Waals surface area contributed by atoms with Crippen molar-refractivity contribution in [2.24, 2.45) is 0 Å². The molecule has 1 saturated carbocycles. The lowest BCUT2D eigenvalue weighted by Crippen LogP contribution is -2.65. The third kappa shape index (κ3) is 3.93. The van der Waals surface area contributed by atoms with Crippen molar-refractivity contribution in [1.82, 2.24) is 10.1 Å². The smallest absolute Gasteiger partial charge is 0.265 e. The van der Waals surface area contributed by atoms with Crippen LogP contribution in [0, 0.1) is 0 Å². The van der Waals surface area contributed by atoms with Gasteiger partial charge in [0.25, 0.3) is 0 Å². The summed E-state index contributed by atoms with van der Waals surface area (Å²) < 4.78 is 0. The molecule has 0 aromatic heterocycles. The molecular formula is C22H24N2O4. The number of carbonyl (C=O) groups is 2. The van der Waals surface area contributed by atoms with Crippen LogP contribution in [0.3, 0.4) is 0 Å². The second kappa shape index (κ2) is 8.54. The van der Waals surface area contributed by atoms with Crippen molar-refractivity contribution < 1.29 is 19.3 Å². The normalized spacial score (nSPS) is 22.3. The molecule has 2 atom stereocenters. The topological polar surface area (TPSA) is 59.1 Å². The monoisotopic (exact) mass is 380 g/mol. The van der Waals surface area contributed by atoms with Gasteiger partial charge in [-0.1, -0.05) is 73.5 Å². The van der Waals surface area contributed by atoms with Gasteiger partial charge in [0.05, 0.1) is 12.1 Å². The standard InChI is InChI=1S/C22H24N2O4/c25-21-22(26)24(28-16-18-11-5-2-6-12-18)20-14-8-7-13-19(20)23(21)27-15-17-9-3-1-4-10-17/h1-6,9-12,19-20H,7-8,13-16H2/t19-,20-/m1/s1. The highest BCUT2D eigenvalue weighted by Crippen LogP contribution is 2.32. The number of hydrogen-bond acceptors (Lipinski definition) is 4. The van der Waals surface area contributed by atoms with Crippen molar-refractivity contribution >= 4 is 11.8 Å². The maximum absolute atomic E-state index is 12.8. The Hall–Kier alpha value is -2.70. The van der Waals surface area contributed by atoms with Gasteiger partial charge in [-0.2, -0.15) is 0 Å². The first kappa shape index (κ1) is 18.7. The summed E-state index contributed by atoms with van der Waals surface area (Å²) in [7, 11) is 0. The first-order valence-corrected chi connectivity index (χ1v) is 9.74. The molecule has 0 spiro atoms. The van der Waals surface area contributed by atoms with Crippen molar-refractivity contribution in [3.63, 3.8) is 0 Å². The number of benzene rings is 2. The minimum atomic E-state index is -0.660. The van der Waals surface area contributed by atoms with Gasteiger partial charge in [-0.25, -0.2) is 10.1 Å². The third-order valence-corrected chi connectivity index (χ3v) is 5.31.